The van der Waals surface area contributed by atoms with E-state index in [0.717, 1.165) is 26.4 Å². The van der Waals surface area contributed by atoms with E-state index in [-0.39, 0.29) is 0 Å². The Bertz CT molecular complexity index is 1900. The first kappa shape index (κ1) is 24.4. The van der Waals surface area contributed by atoms with Crippen LogP contribution in [0.1, 0.15) is 0 Å². The van der Waals surface area contributed by atoms with E-state index in [9.17, 15) is 0 Å². The molecule has 0 aliphatic carbocycles. The Hall–Kier alpha value is -2.91. The van der Waals surface area contributed by atoms with Crippen molar-refractivity contribution in [2.45, 2.75) is 0 Å². The van der Waals surface area contributed by atoms with Crippen LogP contribution in [0, 0.1) is 0 Å². The van der Waals surface area contributed by atoms with Gasteiger partial charge in [-0.15, -0.1) is 16.4 Å². The summed E-state index contributed by atoms with van der Waals surface area (Å²) in [7, 11) is 15.9. The molecule has 0 fully saturated rings. The summed E-state index contributed by atoms with van der Waals surface area (Å²) in [5, 5.41) is 5.12. The van der Waals surface area contributed by atoms with E-state index in [1.165, 1.54) is 71.3 Å². The molecule has 0 aliphatic rings. The Morgan fingerprint density at radius 2 is 0.919 bits per heavy atom. The van der Waals surface area contributed by atoms with Gasteiger partial charge in [0.15, 0.2) is 0 Å². The summed E-state index contributed by atoms with van der Waals surface area (Å²) < 4.78 is 7.37. The Labute approximate surface area is 232 Å². The molecule has 6 aromatic rings. The van der Waals surface area contributed by atoms with Crippen molar-refractivity contribution < 1.29 is 4.42 Å². The maximum atomic E-state index is 6.28. The van der Waals surface area contributed by atoms with Gasteiger partial charge in [-0.25, -0.2) is 0 Å². The molecule has 0 aliphatic heterocycles. The largest absolute Gasteiger partial charge is 0.456 e. The number of fused-ring (bicyclic) bond motifs is 4. The first-order chi connectivity index (χ1) is 17.7. The first-order valence-corrected chi connectivity index (χ1v) is 13.7. The average molecular weight is 532 g/mol. The zero-order chi connectivity index (χ0) is 26.2. The second kappa shape index (κ2) is 8.84. The summed E-state index contributed by atoms with van der Waals surface area (Å²) in [5.41, 5.74) is 16.6. The van der Waals surface area contributed by atoms with Crippen molar-refractivity contribution >= 4 is 142 Å². The molecule has 170 valence electrons. The maximum Gasteiger partial charge on any atom is 0.139 e. The van der Waals surface area contributed by atoms with Crippen LogP contribution in [0.4, 0.5) is 0 Å². The summed E-state index contributed by atoms with van der Waals surface area (Å²) >= 11 is 3.55. The van der Waals surface area contributed by atoms with E-state index in [4.69, 9.17) is 4.42 Å². The van der Waals surface area contributed by atoms with E-state index in [1.807, 2.05) is 0 Å². The van der Waals surface area contributed by atoms with Crippen molar-refractivity contribution in [3.8, 4) is 22.3 Å². The molecule has 0 saturated carbocycles. The van der Waals surface area contributed by atoms with Crippen molar-refractivity contribution in [3.05, 3.63) is 65.1 Å². The van der Waals surface area contributed by atoms with Crippen LogP contribution in [0.3, 0.4) is 0 Å². The van der Waals surface area contributed by atoms with Crippen molar-refractivity contribution in [1.29, 1.82) is 0 Å². The van der Waals surface area contributed by atoms with Gasteiger partial charge in [0.25, 0.3) is 0 Å². The third-order valence-corrected chi connectivity index (χ3v) is 9.28. The minimum atomic E-state index is 0.924. The predicted molar refractivity (Wildman–Crippen MR) is 187 cm³/mol. The maximum absolute atomic E-state index is 6.28. The van der Waals surface area contributed by atoms with Crippen molar-refractivity contribution in [3.63, 3.8) is 0 Å². The normalized spacial score (nSPS) is 11.6. The molecule has 1 nitrogen and oxygen atoms in total. The van der Waals surface area contributed by atoms with Crippen LogP contribution in [-0.2, 0) is 0 Å². The molecular weight excluding hydrogens is 508 g/mol. The topological polar surface area (TPSA) is 13.1 Å². The van der Waals surface area contributed by atoms with Crippen LogP contribution in [0.5, 0.6) is 0 Å². The molecule has 5 aromatic carbocycles. The predicted octanol–water partition coefficient (Wildman–Crippen LogP) is -3.36. The molecule has 1 aromatic heterocycles. The Kier molecular flexibility index (Phi) is 5.84. The minimum absolute atomic E-state index is 0.924. The summed E-state index contributed by atoms with van der Waals surface area (Å²) in [6, 6.07) is 21.7. The highest BCUT2D eigenvalue weighted by molar-refractivity contribution is 9.10. The van der Waals surface area contributed by atoms with Crippen LogP contribution in [0.2, 0.25) is 0 Å². The van der Waals surface area contributed by atoms with Crippen LogP contribution in [0.25, 0.3) is 55.0 Å². The molecule has 0 N–H and O–H groups in total. The summed E-state index contributed by atoms with van der Waals surface area (Å²) in [6.07, 6.45) is 0. The fourth-order valence-corrected chi connectivity index (χ4v) is 6.32. The molecule has 37 heavy (non-hydrogen) atoms. The van der Waals surface area contributed by atoms with Crippen LogP contribution in [-0.4, -0.2) is 54.9 Å². The second-order valence-corrected chi connectivity index (χ2v) is 11.4. The Morgan fingerprint density at radius 3 is 1.51 bits per heavy atom. The van der Waals surface area contributed by atoms with Crippen LogP contribution >= 0.6 is 15.9 Å². The number of rotatable bonds is 2. The zero-order valence-electron chi connectivity index (χ0n) is 22.6. The fraction of sp³-hybridized carbons (Fsp3) is 0. The van der Waals surface area contributed by atoms with E-state index in [2.05, 4.69) is 132 Å². The standard InChI is InChI=1S/C28H24B7BrO/c29-22-19(20-21(24(31)26(22)33)25(32)28(35)27(34)23(20)30)13-4-8-18-16(10-13)15-9-12(3-7-17(15)37-18)11-1-5-14(36)6-2-11/h1-10H,29-35H2. The monoisotopic (exact) mass is 532 g/mol. The zero-order valence-corrected chi connectivity index (χ0v) is 24.1. The van der Waals surface area contributed by atoms with Gasteiger partial charge >= 0.3 is 0 Å². The van der Waals surface area contributed by atoms with E-state index < -0.39 is 0 Å². The molecule has 6 rings (SSSR count). The highest BCUT2D eigenvalue weighted by Gasteiger charge is 2.19. The highest BCUT2D eigenvalue weighted by atomic mass is 79.9. The van der Waals surface area contributed by atoms with Gasteiger partial charge in [-0.05, 0) is 69.4 Å². The smallest absolute Gasteiger partial charge is 0.139 e. The van der Waals surface area contributed by atoms with Gasteiger partial charge in [0.05, 0.1) is 0 Å². The van der Waals surface area contributed by atoms with E-state index in [0.29, 0.717) is 0 Å². The van der Waals surface area contributed by atoms with Gasteiger partial charge in [0.1, 0.15) is 66.1 Å². The molecule has 0 amide bonds. The summed E-state index contributed by atoms with van der Waals surface area (Å²) in [4.78, 5) is 0. The fourth-order valence-electron chi connectivity index (χ4n) is 6.05. The minimum Gasteiger partial charge on any atom is -0.456 e. The second-order valence-electron chi connectivity index (χ2n) is 10.5. The number of furan rings is 1. The molecule has 0 radical (unpaired) electrons. The number of hydrogen-bond donors (Lipinski definition) is 0. The number of hydrogen-bond acceptors (Lipinski definition) is 1. The van der Waals surface area contributed by atoms with Gasteiger partial charge < -0.3 is 4.42 Å². The quantitative estimate of drug-likeness (QED) is 0.213. The van der Waals surface area contributed by atoms with E-state index >= 15 is 0 Å². The van der Waals surface area contributed by atoms with Gasteiger partial charge in [-0.2, -0.15) is 0 Å². The summed E-state index contributed by atoms with van der Waals surface area (Å²) in [6.45, 7) is 0. The molecule has 9 heteroatoms. The molecule has 1 heterocycles. The molecular formula is C28H24B7BrO. The van der Waals surface area contributed by atoms with Gasteiger partial charge in [0.2, 0.25) is 0 Å². The van der Waals surface area contributed by atoms with Crippen molar-refractivity contribution in [2.24, 2.45) is 0 Å². The van der Waals surface area contributed by atoms with Crippen LogP contribution < -0.4 is 38.2 Å². The lowest BCUT2D eigenvalue weighted by molar-refractivity contribution is 0.669. The molecule has 0 unspecified atom stereocenters. The lowest BCUT2D eigenvalue weighted by atomic mass is 9.59. The molecule has 0 bridgehead atoms. The summed E-state index contributed by atoms with van der Waals surface area (Å²) in [5.74, 6) is 0. The molecule has 0 atom stereocenters. The lowest BCUT2D eigenvalue weighted by Crippen LogP contribution is -2.52. The average Bonchev–Trinajstić information content (AvgIpc) is 3.27. The van der Waals surface area contributed by atoms with Crippen molar-refractivity contribution in [1.82, 2.24) is 0 Å². The van der Waals surface area contributed by atoms with E-state index in [1.54, 1.807) is 0 Å². The Balaban J connectivity index is 1.66. The lowest BCUT2D eigenvalue weighted by Gasteiger charge is -2.24. The third kappa shape index (κ3) is 3.69. The van der Waals surface area contributed by atoms with Gasteiger partial charge in [-0.3, -0.25) is 0 Å². The van der Waals surface area contributed by atoms with Crippen molar-refractivity contribution in [2.75, 3.05) is 0 Å². The van der Waals surface area contributed by atoms with Gasteiger partial charge in [0, 0.05) is 15.2 Å². The van der Waals surface area contributed by atoms with Crippen LogP contribution in [0.15, 0.2) is 69.6 Å². The third-order valence-electron chi connectivity index (χ3n) is 8.75. The van der Waals surface area contributed by atoms with Gasteiger partial charge in [-0.1, -0.05) is 62.0 Å². The molecule has 0 saturated heterocycles. The number of halogens is 1. The SMILES string of the molecule is Bc1c(B)c(B)c2c(-c3ccc4oc5ccc(-c6ccc(Br)cc6)cc5c4c3)c(B)c(B)c(B)c2c1B. The Morgan fingerprint density at radius 1 is 0.459 bits per heavy atom. The number of benzene rings is 5. The first-order valence-electron chi connectivity index (χ1n) is 12.9. The molecule has 0 spiro atoms. The highest BCUT2D eigenvalue weighted by Crippen LogP contribution is 2.35.